The number of nitrogens with zero attached hydrogens (tertiary/aromatic N) is 2. The van der Waals surface area contributed by atoms with E-state index in [1.165, 1.54) is 0 Å². The lowest BCUT2D eigenvalue weighted by molar-refractivity contribution is -0.119. The van der Waals surface area contributed by atoms with Crippen LogP contribution in [0.15, 0.2) is 54.6 Å². The first-order valence-corrected chi connectivity index (χ1v) is 8.38. The quantitative estimate of drug-likeness (QED) is 0.702. The number of ether oxygens (including phenoxy) is 1. The zero-order valence-electron chi connectivity index (χ0n) is 15.1. The molecule has 0 atom stereocenters. The maximum absolute atomic E-state index is 12.4. The van der Waals surface area contributed by atoms with Gasteiger partial charge in [-0.15, -0.1) is 0 Å². The molecule has 0 fully saturated rings. The lowest BCUT2D eigenvalue weighted by Gasteiger charge is -2.09. The normalized spacial score (nSPS) is 10.4. The van der Waals surface area contributed by atoms with E-state index < -0.39 is 5.91 Å². The Morgan fingerprint density at radius 2 is 1.74 bits per heavy atom. The second kappa shape index (κ2) is 7.74. The molecule has 2 amide bonds. The van der Waals surface area contributed by atoms with Crippen molar-refractivity contribution in [2.24, 2.45) is 5.73 Å². The van der Waals surface area contributed by atoms with Gasteiger partial charge in [0.25, 0.3) is 11.8 Å². The van der Waals surface area contributed by atoms with Crippen LogP contribution in [-0.2, 0) is 4.79 Å². The minimum Gasteiger partial charge on any atom is -0.484 e. The Kier molecular flexibility index (Phi) is 5.21. The first-order chi connectivity index (χ1) is 12.9. The first kappa shape index (κ1) is 18.2. The van der Waals surface area contributed by atoms with E-state index in [2.05, 4.69) is 10.4 Å². The summed E-state index contributed by atoms with van der Waals surface area (Å²) in [4.78, 5) is 23.1. The maximum atomic E-state index is 12.4. The van der Waals surface area contributed by atoms with Crippen molar-refractivity contribution < 1.29 is 14.3 Å². The van der Waals surface area contributed by atoms with E-state index >= 15 is 0 Å². The topological polar surface area (TPSA) is 99.2 Å². The number of anilines is 1. The van der Waals surface area contributed by atoms with E-state index in [-0.39, 0.29) is 12.5 Å². The molecule has 1 aromatic heterocycles. The van der Waals surface area contributed by atoms with Crippen molar-refractivity contribution >= 4 is 17.5 Å². The smallest absolute Gasteiger partial charge is 0.255 e. The van der Waals surface area contributed by atoms with Crippen molar-refractivity contribution in [3.05, 3.63) is 71.5 Å². The van der Waals surface area contributed by atoms with Crippen molar-refractivity contribution in [2.75, 3.05) is 11.9 Å². The number of primary amides is 1. The molecule has 0 aliphatic carbocycles. The lowest BCUT2D eigenvalue weighted by Crippen LogP contribution is -2.20. The predicted octanol–water partition coefficient (Wildman–Crippen LogP) is 2.61. The summed E-state index contributed by atoms with van der Waals surface area (Å²) in [7, 11) is 0. The average Bonchev–Trinajstić information content (AvgIpc) is 2.99. The third-order valence-corrected chi connectivity index (χ3v) is 3.88. The zero-order valence-corrected chi connectivity index (χ0v) is 15.1. The maximum Gasteiger partial charge on any atom is 0.255 e. The van der Waals surface area contributed by atoms with Crippen LogP contribution in [0.5, 0.6) is 5.75 Å². The molecule has 2 aromatic carbocycles. The summed E-state index contributed by atoms with van der Waals surface area (Å²) >= 11 is 0. The van der Waals surface area contributed by atoms with Gasteiger partial charge in [-0.2, -0.15) is 5.10 Å². The molecule has 0 aliphatic rings. The van der Waals surface area contributed by atoms with Crippen molar-refractivity contribution in [3.63, 3.8) is 0 Å². The summed E-state index contributed by atoms with van der Waals surface area (Å²) in [5.74, 6) is -0.266. The standard InChI is InChI=1S/C20H20N4O3/c1-13-11-14(2)24(23-13)17-7-3-15(4-8-17)20(26)22-16-5-9-18(10-6-16)27-12-19(21)25/h3-11H,12H2,1-2H3,(H2,21,25)(H,22,26). The van der Waals surface area contributed by atoms with Gasteiger partial charge in [-0.25, -0.2) is 4.68 Å². The third kappa shape index (κ3) is 4.52. The molecule has 0 unspecified atom stereocenters. The Balaban J connectivity index is 1.66. The van der Waals surface area contributed by atoms with Gasteiger partial charge < -0.3 is 15.8 Å². The Bertz CT molecular complexity index is 960. The van der Waals surface area contributed by atoms with Crippen LogP contribution in [0.25, 0.3) is 5.69 Å². The third-order valence-electron chi connectivity index (χ3n) is 3.88. The summed E-state index contributed by atoms with van der Waals surface area (Å²) in [6.45, 7) is 3.74. The largest absolute Gasteiger partial charge is 0.484 e. The molecular weight excluding hydrogens is 344 g/mol. The number of benzene rings is 2. The van der Waals surface area contributed by atoms with Gasteiger partial charge in [0.1, 0.15) is 5.75 Å². The van der Waals surface area contributed by atoms with Gasteiger partial charge in [-0.05, 0) is 68.4 Å². The number of carbonyl (C=O) groups is 2. The Morgan fingerprint density at radius 3 is 2.30 bits per heavy atom. The average molecular weight is 364 g/mol. The highest BCUT2D eigenvalue weighted by Crippen LogP contribution is 2.17. The van der Waals surface area contributed by atoms with E-state index in [4.69, 9.17) is 10.5 Å². The predicted molar refractivity (Wildman–Crippen MR) is 102 cm³/mol. The van der Waals surface area contributed by atoms with Gasteiger partial charge in [0.2, 0.25) is 0 Å². The molecule has 0 aliphatic heterocycles. The van der Waals surface area contributed by atoms with Gasteiger partial charge >= 0.3 is 0 Å². The van der Waals surface area contributed by atoms with E-state index in [9.17, 15) is 9.59 Å². The molecular formula is C20H20N4O3. The van der Waals surface area contributed by atoms with E-state index in [1.807, 2.05) is 36.7 Å². The Morgan fingerprint density at radius 1 is 1.07 bits per heavy atom. The van der Waals surface area contributed by atoms with Crippen LogP contribution in [0, 0.1) is 13.8 Å². The molecule has 7 nitrogen and oxygen atoms in total. The minimum atomic E-state index is -0.545. The monoisotopic (exact) mass is 364 g/mol. The fourth-order valence-electron chi connectivity index (χ4n) is 2.64. The van der Waals surface area contributed by atoms with Gasteiger partial charge in [-0.1, -0.05) is 0 Å². The SMILES string of the molecule is Cc1cc(C)n(-c2ccc(C(=O)Nc3ccc(OCC(N)=O)cc3)cc2)n1. The highest BCUT2D eigenvalue weighted by atomic mass is 16.5. The Hall–Kier alpha value is -3.61. The second-order valence-corrected chi connectivity index (χ2v) is 6.12. The van der Waals surface area contributed by atoms with Crippen LogP contribution in [-0.4, -0.2) is 28.2 Å². The molecule has 0 spiro atoms. The molecule has 0 saturated carbocycles. The van der Waals surface area contributed by atoms with Crippen LogP contribution in [0.4, 0.5) is 5.69 Å². The van der Waals surface area contributed by atoms with Crippen molar-refractivity contribution in [2.45, 2.75) is 13.8 Å². The first-order valence-electron chi connectivity index (χ1n) is 8.38. The van der Waals surface area contributed by atoms with E-state index in [0.717, 1.165) is 17.1 Å². The Labute approximate surface area is 156 Å². The number of amides is 2. The van der Waals surface area contributed by atoms with Crippen molar-refractivity contribution in [3.8, 4) is 11.4 Å². The molecule has 27 heavy (non-hydrogen) atoms. The highest BCUT2D eigenvalue weighted by Gasteiger charge is 2.08. The van der Waals surface area contributed by atoms with Crippen LogP contribution in [0.2, 0.25) is 0 Å². The summed E-state index contributed by atoms with van der Waals surface area (Å²) in [5.41, 5.74) is 9.06. The highest BCUT2D eigenvalue weighted by molar-refractivity contribution is 6.04. The van der Waals surface area contributed by atoms with Gasteiger partial charge in [0.05, 0.1) is 11.4 Å². The van der Waals surface area contributed by atoms with E-state index in [1.54, 1.807) is 36.4 Å². The van der Waals surface area contributed by atoms with Crippen LogP contribution >= 0.6 is 0 Å². The molecule has 3 aromatic rings. The second-order valence-electron chi connectivity index (χ2n) is 6.12. The van der Waals surface area contributed by atoms with Gasteiger partial charge in [0.15, 0.2) is 6.61 Å². The van der Waals surface area contributed by atoms with Gasteiger partial charge in [-0.3, -0.25) is 9.59 Å². The van der Waals surface area contributed by atoms with Crippen LogP contribution in [0.1, 0.15) is 21.7 Å². The molecule has 7 heteroatoms. The molecule has 0 radical (unpaired) electrons. The van der Waals surface area contributed by atoms with Crippen molar-refractivity contribution in [1.29, 1.82) is 0 Å². The number of carbonyl (C=O) groups excluding carboxylic acids is 2. The summed E-state index contributed by atoms with van der Waals surface area (Å²) in [6, 6.07) is 15.9. The number of hydrogen-bond donors (Lipinski definition) is 2. The molecule has 3 rings (SSSR count). The fraction of sp³-hybridized carbons (Fsp3) is 0.150. The van der Waals surface area contributed by atoms with Gasteiger partial charge in [0, 0.05) is 16.9 Å². The van der Waals surface area contributed by atoms with E-state index in [0.29, 0.717) is 17.0 Å². The molecule has 1 heterocycles. The molecule has 0 bridgehead atoms. The summed E-state index contributed by atoms with van der Waals surface area (Å²) in [5, 5.41) is 7.25. The number of aryl methyl sites for hydroxylation is 2. The fourth-order valence-corrected chi connectivity index (χ4v) is 2.64. The molecule has 3 N–H and O–H groups in total. The number of nitrogens with one attached hydrogen (secondary N) is 1. The number of rotatable bonds is 6. The summed E-state index contributed by atoms with van der Waals surface area (Å²) in [6.07, 6.45) is 0. The number of hydrogen-bond acceptors (Lipinski definition) is 4. The molecule has 138 valence electrons. The number of aromatic nitrogens is 2. The van der Waals surface area contributed by atoms with Crippen LogP contribution in [0.3, 0.4) is 0 Å². The molecule has 0 saturated heterocycles. The zero-order chi connectivity index (χ0) is 19.4. The lowest BCUT2D eigenvalue weighted by atomic mass is 10.2. The minimum absolute atomic E-state index is 0.187. The van der Waals surface area contributed by atoms with Crippen molar-refractivity contribution in [1.82, 2.24) is 9.78 Å². The number of nitrogens with two attached hydrogens (primary N) is 1. The summed E-state index contributed by atoms with van der Waals surface area (Å²) < 4.78 is 7.02. The van der Waals surface area contributed by atoms with Crippen LogP contribution < -0.4 is 15.8 Å².